The predicted molar refractivity (Wildman–Crippen MR) is 132 cm³/mol. The minimum absolute atomic E-state index is 0.186. The van der Waals surface area contributed by atoms with Crippen LogP contribution in [-0.2, 0) is 11.6 Å². The van der Waals surface area contributed by atoms with Gasteiger partial charge in [0.2, 0.25) is 0 Å². The van der Waals surface area contributed by atoms with E-state index in [0.29, 0.717) is 29.2 Å². The summed E-state index contributed by atoms with van der Waals surface area (Å²) in [5, 5.41) is 6.73. The van der Waals surface area contributed by atoms with Crippen molar-refractivity contribution in [3.05, 3.63) is 78.0 Å². The molecule has 0 aliphatic carbocycles. The van der Waals surface area contributed by atoms with Crippen LogP contribution >= 0.6 is 0 Å². The molecule has 4 aromatic rings. The summed E-state index contributed by atoms with van der Waals surface area (Å²) in [6.45, 7) is 4.61. The van der Waals surface area contributed by atoms with E-state index >= 15 is 0 Å². The summed E-state index contributed by atoms with van der Waals surface area (Å²) in [5.41, 5.74) is 1.53. The van der Waals surface area contributed by atoms with E-state index < -0.39 is 11.9 Å². The van der Waals surface area contributed by atoms with Crippen LogP contribution in [0, 0.1) is 0 Å². The smallest absolute Gasteiger partial charge is 0.369 e. The lowest BCUT2D eigenvalue weighted by Gasteiger charge is -2.30. The Morgan fingerprint density at radius 3 is 2.50 bits per heavy atom. The molecule has 0 radical (unpaired) electrons. The van der Waals surface area contributed by atoms with Gasteiger partial charge in [-0.05, 0) is 30.2 Å². The molecule has 186 valence electrons. The van der Waals surface area contributed by atoms with Gasteiger partial charge in [0.15, 0.2) is 0 Å². The summed E-state index contributed by atoms with van der Waals surface area (Å²) in [4.78, 5) is 28.7. The molecule has 3 heterocycles. The maximum Gasteiger partial charge on any atom is 0.433 e. The number of para-hydroxylation sites is 1. The highest BCUT2D eigenvalue weighted by Crippen LogP contribution is 2.34. The summed E-state index contributed by atoms with van der Waals surface area (Å²) in [5.74, 6) is 0.290. The molecule has 2 N–H and O–H groups in total. The van der Waals surface area contributed by atoms with Gasteiger partial charge in [-0.25, -0.2) is 9.97 Å². The second-order valence-electron chi connectivity index (χ2n) is 8.62. The topological polar surface area (TPSA) is 92.7 Å². The van der Waals surface area contributed by atoms with Gasteiger partial charge in [-0.1, -0.05) is 32.0 Å². The molecule has 0 bridgehead atoms. The van der Waals surface area contributed by atoms with Crippen molar-refractivity contribution in [3.63, 3.8) is 0 Å². The Morgan fingerprint density at radius 2 is 1.78 bits per heavy atom. The largest absolute Gasteiger partial charge is 0.433 e. The number of carbonyl (C=O) groups excluding carboxylic acids is 1. The van der Waals surface area contributed by atoms with E-state index in [1.54, 1.807) is 25.4 Å². The first kappa shape index (κ1) is 25.0. The van der Waals surface area contributed by atoms with Gasteiger partial charge in [0.1, 0.15) is 17.8 Å². The van der Waals surface area contributed by atoms with Crippen molar-refractivity contribution in [1.82, 2.24) is 25.3 Å². The third kappa shape index (κ3) is 4.98. The maximum absolute atomic E-state index is 13.1. The average molecular weight is 495 g/mol. The summed E-state index contributed by atoms with van der Waals surface area (Å²) in [6, 6.07) is 11.5. The summed E-state index contributed by atoms with van der Waals surface area (Å²) < 4.78 is 39.2. The van der Waals surface area contributed by atoms with Crippen LogP contribution in [-0.4, -0.2) is 39.4 Å². The Kier molecular flexibility index (Phi) is 6.87. The molecule has 0 aliphatic heterocycles. The lowest BCUT2D eigenvalue weighted by molar-refractivity contribution is -0.141. The van der Waals surface area contributed by atoms with Gasteiger partial charge < -0.3 is 10.6 Å². The zero-order chi connectivity index (χ0) is 25.9. The molecular formula is C26H25F3N6O. The summed E-state index contributed by atoms with van der Waals surface area (Å²) in [6.07, 6.45) is 0.256. The molecule has 4 rings (SSSR count). The van der Waals surface area contributed by atoms with Gasteiger partial charge in [0.25, 0.3) is 5.91 Å². The molecule has 0 saturated carbocycles. The number of halogens is 3. The van der Waals surface area contributed by atoms with E-state index in [9.17, 15) is 18.0 Å². The van der Waals surface area contributed by atoms with Crippen molar-refractivity contribution in [2.45, 2.75) is 31.9 Å². The number of hydrogen-bond donors (Lipinski definition) is 2. The van der Waals surface area contributed by atoms with E-state index in [0.717, 1.165) is 35.2 Å². The fraction of sp³-hybridized carbons (Fsp3) is 0.269. The molecule has 0 spiro atoms. The molecule has 36 heavy (non-hydrogen) atoms. The zero-order valence-corrected chi connectivity index (χ0v) is 20.0. The molecular weight excluding hydrogens is 469 g/mol. The molecule has 1 aromatic carbocycles. The van der Waals surface area contributed by atoms with Gasteiger partial charge in [-0.15, -0.1) is 0 Å². The molecule has 1 atom stereocenters. The van der Waals surface area contributed by atoms with Gasteiger partial charge in [0.05, 0.1) is 16.8 Å². The summed E-state index contributed by atoms with van der Waals surface area (Å²) >= 11 is 0. The molecule has 0 aliphatic rings. The fourth-order valence-corrected chi connectivity index (χ4v) is 4.05. The Labute approximate surface area is 206 Å². The fourth-order valence-electron chi connectivity index (χ4n) is 4.05. The molecule has 0 saturated heterocycles. The molecule has 10 heteroatoms. The maximum atomic E-state index is 13.1. The van der Waals surface area contributed by atoms with Crippen LogP contribution in [0.2, 0.25) is 0 Å². The van der Waals surface area contributed by atoms with Crippen molar-refractivity contribution >= 4 is 22.6 Å². The van der Waals surface area contributed by atoms with Crippen LogP contribution < -0.4 is 10.6 Å². The van der Waals surface area contributed by atoms with E-state index in [1.807, 2.05) is 18.2 Å². The number of rotatable bonds is 7. The predicted octanol–water partition coefficient (Wildman–Crippen LogP) is 5.25. The Balaban J connectivity index is 1.63. The number of pyridine rings is 2. The van der Waals surface area contributed by atoms with Crippen LogP contribution in [0.1, 0.15) is 41.9 Å². The van der Waals surface area contributed by atoms with E-state index in [4.69, 9.17) is 0 Å². The third-order valence-corrected chi connectivity index (χ3v) is 6.35. The van der Waals surface area contributed by atoms with E-state index in [1.165, 1.54) is 12.4 Å². The van der Waals surface area contributed by atoms with Crippen molar-refractivity contribution < 1.29 is 18.0 Å². The second kappa shape index (κ2) is 9.88. The number of carbonyl (C=O) groups is 1. The number of aromatic nitrogens is 4. The monoisotopic (exact) mass is 494 g/mol. The zero-order valence-electron chi connectivity index (χ0n) is 20.0. The second-order valence-corrected chi connectivity index (χ2v) is 8.62. The molecule has 1 amide bonds. The Morgan fingerprint density at radius 1 is 1.00 bits per heavy atom. The number of benzene rings is 1. The first-order chi connectivity index (χ1) is 17.2. The van der Waals surface area contributed by atoms with Crippen LogP contribution in [0.4, 0.5) is 19.0 Å². The van der Waals surface area contributed by atoms with Gasteiger partial charge in [-0.2, -0.15) is 13.2 Å². The third-order valence-electron chi connectivity index (χ3n) is 6.35. The highest BCUT2D eigenvalue weighted by molar-refractivity contribution is 6.06. The lowest BCUT2D eigenvalue weighted by Crippen LogP contribution is -2.31. The first-order valence-corrected chi connectivity index (χ1v) is 11.4. The Bertz CT molecular complexity index is 1410. The highest BCUT2D eigenvalue weighted by Gasteiger charge is 2.32. The Hall–Kier alpha value is -4.08. The summed E-state index contributed by atoms with van der Waals surface area (Å²) in [7, 11) is 1.59. The van der Waals surface area contributed by atoms with Crippen LogP contribution in [0.5, 0.6) is 0 Å². The van der Waals surface area contributed by atoms with Gasteiger partial charge >= 0.3 is 6.18 Å². The number of amides is 1. The first-order valence-electron chi connectivity index (χ1n) is 11.4. The molecule has 3 aromatic heterocycles. The number of alkyl halides is 3. The van der Waals surface area contributed by atoms with Crippen LogP contribution in [0.15, 0.2) is 61.2 Å². The minimum atomic E-state index is -4.54. The normalized spacial score (nSPS) is 13.3. The van der Waals surface area contributed by atoms with Crippen molar-refractivity contribution in [2.75, 3.05) is 18.9 Å². The van der Waals surface area contributed by atoms with E-state index in [2.05, 4.69) is 44.4 Å². The number of nitrogens with one attached hydrogen (secondary N) is 2. The number of nitrogens with zero attached hydrogens (tertiary/aromatic N) is 4. The lowest BCUT2D eigenvalue weighted by atomic mass is 9.78. The molecule has 0 fully saturated rings. The van der Waals surface area contributed by atoms with Crippen LogP contribution in [0.25, 0.3) is 22.2 Å². The minimum Gasteiger partial charge on any atom is -0.369 e. The average Bonchev–Trinajstić information content (AvgIpc) is 2.90. The highest BCUT2D eigenvalue weighted by atomic mass is 19.4. The SMILES string of the molecule is CC[C@](C)(CNc1cc(-c2ccnc(C(F)(F)F)c2)ncn1)c1cccc2c(C(=O)NC)ccnc12. The standard InChI is InChI=1S/C26H25F3N6O/c1-4-25(2,19-7-5-6-17-18(24(36)30-3)9-11-32-23(17)19)14-33-22-13-20(34-15-35-22)16-8-10-31-21(12-16)26(27,28)29/h5-13,15H,4,14H2,1-3H3,(H,30,36)(H,33,34,35)/t25-/m1/s1. The number of anilines is 1. The van der Waals surface area contributed by atoms with Crippen LogP contribution in [0.3, 0.4) is 0 Å². The molecule has 0 unspecified atom stereocenters. The van der Waals surface area contributed by atoms with Crippen molar-refractivity contribution in [2.24, 2.45) is 0 Å². The van der Waals surface area contributed by atoms with Gasteiger partial charge in [0, 0.05) is 48.4 Å². The number of hydrogen-bond acceptors (Lipinski definition) is 6. The quantitative estimate of drug-likeness (QED) is 0.365. The number of fused-ring (bicyclic) bond motifs is 1. The molecule has 7 nitrogen and oxygen atoms in total. The van der Waals surface area contributed by atoms with Gasteiger partial charge in [-0.3, -0.25) is 14.8 Å². The van der Waals surface area contributed by atoms with Crippen molar-refractivity contribution in [3.8, 4) is 11.3 Å². The van der Waals surface area contributed by atoms with Crippen molar-refractivity contribution in [1.29, 1.82) is 0 Å². The van der Waals surface area contributed by atoms with E-state index in [-0.39, 0.29) is 11.3 Å².